The van der Waals surface area contributed by atoms with Crippen molar-refractivity contribution in [3.05, 3.63) is 0 Å². The maximum Gasteiger partial charge on any atom is 0.428 e. The molecular formula is C28H35F6NO9S2. The number of sulfonamides is 2. The minimum Gasteiger partial charge on any atom is -0.458 e. The molecule has 8 fully saturated rings. The predicted molar refractivity (Wildman–Crippen MR) is 144 cm³/mol. The predicted octanol–water partition coefficient (Wildman–Crippen LogP) is 3.94. The van der Waals surface area contributed by atoms with Crippen LogP contribution in [-0.2, 0) is 43.9 Å². The summed E-state index contributed by atoms with van der Waals surface area (Å²) in [5, 5.41) is -6.92. The largest absolute Gasteiger partial charge is 0.458 e. The van der Waals surface area contributed by atoms with Crippen LogP contribution >= 0.6 is 0 Å². The average molecular weight is 708 g/mol. The lowest BCUT2D eigenvalue weighted by atomic mass is 9.54. The van der Waals surface area contributed by atoms with Crippen molar-refractivity contribution in [2.45, 2.75) is 105 Å². The number of hydrogen-bond acceptors (Lipinski definition) is 9. The van der Waals surface area contributed by atoms with Crippen molar-refractivity contribution >= 4 is 37.8 Å². The molecule has 8 aliphatic carbocycles. The van der Waals surface area contributed by atoms with Crippen LogP contribution in [0.5, 0.6) is 0 Å². The van der Waals surface area contributed by atoms with Gasteiger partial charge in [-0.25, -0.2) is 16.8 Å². The fraction of sp³-hybridized carbons (Fsp3) is 0.893. The molecule has 0 saturated heterocycles. The van der Waals surface area contributed by atoms with E-state index in [1.54, 1.807) is 0 Å². The van der Waals surface area contributed by atoms with E-state index in [0.29, 0.717) is 0 Å². The van der Waals surface area contributed by atoms with Crippen molar-refractivity contribution in [2.75, 3.05) is 6.26 Å². The third-order valence-corrected chi connectivity index (χ3v) is 14.0. The third kappa shape index (κ3) is 5.54. The lowest BCUT2D eigenvalue weighted by Gasteiger charge is -2.56. The van der Waals surface area contributed by atoms with Crippen molar-refractivity contribution in [3.63, 3.8) is 0 Å². The van der Waals surface area contributed by atoms with Gasteiger partial charge in [-0.3, -0.25) is 14.4 Å². The van der Waals surface area contributed by atoms with Crippen LogP contribution in [0.4, 0.5) is 26.3 Å². The highest BCUT2D eigenvalue weighted by atomic mass is 32.3. The molecule has 0 spiro atoms. The number of ketones is 1. The fourth-order valence-corrected chi connectivity index (χ4v) is 12.6. The number of carbonyl (C=O) groups excluding carboxylic acids is 3. The molecule has 0 amide bonds. The number of rotatable bonds is 11. The van der Waals surface area contributed by atoms with Gasteiger partial charge in [0.15, 0.2) is 0 Å². The quantitative estimate of drug-likeness (QED) is 0.192. The fourth-order valence-electron chi connectivity index (χ4n) is 10.1. The van der Waals surface area contributed by atoms with Crippen LogP contribution in [0.1, 0.15) is 77.0 Å². The van der Waals surface area contributed by atoms with Gasteiger partial charge in [-0.15, -0.1) is 4.13 Å². The molecule has 8 bridgehead atoms. The molecule has 0 heterocycles. The second-order valence-corrected chi connectivity index (χ2v) is 18.6. The Morgan fingerprint density at radius 3 is 1.24 bits per heavy atom. The Kier molecular flexibility index (Phi) is 7.76. The number of hydrogen-bond donors (Lipinski definition) is 1. The Bertz CT molecular complexity index is 1420. The molecule has 0 atom stereocenters. The average Bonchev–Trinajstić information content (AvgIpc) is 2.84. The van der Waals surface area contributed by atoms with Crippen LogP contribution in [0, 0.1) is 41.4 Å². The van der Waals surface area contributed by atoms with E-state index >= 15 is 8.78 Å². The first-order valence-corrected chi connectivity index (χ1v) is 18.7. The Balaban J connectivity index is 1.33. The van der Waals surface area contributed by atoms with Crippen LogP contribution in [-0.4, -0.2) is 69.1 Å². The number of carbonyl (C=O) groups is 3. The van der Waals surface area contributed by atoms with E-state index in [1.165, 1.54) is 0 Å². The summed E-state index contributed by atoms with van der Waals surface area (Å²) in [5.41, 5.74) is -2.56. The normalized spacial score (nSPS) is 37.6. The molecule has 10 nitrogen and oxygen atoms in total. The Hall–Kier alpha value is -1.95. The summed E-state index contributed by atoms with van der Waals surface area (Å²) in [7, 11) is -12.3. The maximum absolute atomic E-state index is 15.4. The molecule has 46 heavy (non-hydrogen) atoms. The van der Waals surface area contributed by atoms with Gasteiger partial charge in [0.1, 0.15) is 11.2 Å². The highest BCUT2D eigenvalue weighted by Crippen LogP contribution is 2.59. The van der Waals surface area contributed by atoms with Crippen LogP contribution in [0.3, 0.4) is 0 Å². The van der Waals surface area contributed by atoms with Gasteiger partial charge < -0.3 is 9.47 Å². The first-order valence-electron chi connectivity index (χ1n) is 15.3. The summed E-state index contributed by atoms with van der Waals surface area (Å²) in [5.74, 6) is -23.9. The molecule has 0 radical (unpaired) electrons. The second kappa shape index (κ2) is 10.5. The molecule has 0 unspecified atom stereocenters. The van der Waals surface area contributed by atoms with E-state index in [0.717, 1.165) is 38.5 Å². The van der Waals surface area contributed by atoms with Gasteiger partial charge in [-0.05, 0) is 113 Å². The van der Waals surface area contributed by atoms with Crippen molar-refractivity contribution in [1.29, 1.82) is 0 Å². The summed E-state index contributed by atoms with van der Waals surface area (Å²) in [6.45, 7) is 0. The van der Waals surface area contributed by atoms with Gasteiger partial charge in [0.2, 0.25) is 21.7 Å². The van der Waals surface area contributed by atoms with Crippen molar-refractivity contribution < 1.29 is 67.0 Å². The number of ether oxygens (including phenoxy) is 2. The molecule has 18 heteroatoms. The van der Waals surface area contributed by atoms with Gasteiger partial charge >= 0.3 is 29.0 Å². The van der Waals surface area contributed by atoms with Crippen LogP contribution in [0.25, 0.3) is 0 Å². The standard InChI is InChI=1S/C28H35F6NO9S2/c1-45(39,40)35-46(41,42)28(33,34)27(31,32)26(29,30)21(36)20(22(37)43-24-8-14-2-15(9-24)4-16(3-14)10-24)23(38)44-25-11-17-5-18(12-25)7-19(6-17)13-25/h14-20,35H,2-13H2,1H3. The van der Waals surface area contributed by atoms with Crippen molar-refractivity contribution in [3.8, 4) is 0 Å². The lowest BCUT2D eigenvalue weighted by molar-refractivity contribution is -0.270. The number of alkyl halides is 6. The van der Waals surface area contributed by atoms with Gasteiger partial charge in [-0.1, -0.05) is 0 Å². The Morgan fingerprint density at radius 1 is 0.652 bits per heavy atom. The van der Waals surface area contributed by atoms with E-state index in [1.807, 2.05) is 0 Å². The number of halogens is 6. The molecule has 8 aliphatic rings. The number of esters is 2. The molecule has 260 valence electrons. The lowest BCUT2D eigenvalue weighted by Crippen LogP contribution is -2.65. The minimum atomic E-state index is -7.15. The van der Waals surface area contributed by atoms with E-state index in [9.17, 15) is 48.8 Å². The zero-order valence-electron chi connectivity index (χ0n) is 24.8. The van der Waals surface area contributed by atoms with E-state index in [2.05, 4.69) is 0 Å². The van der Waals surface area contributed by atoms with Crippen LogP contribution in [0.15, 0.2) is 0 Å². The molecule has 0 aromatic carbocycles. The summed E-state index contributed by atoms with van der Waals surface area (Å²) in [6.07, 6.45) is 6.56. The molecule has 8 rings (SSSR count). The summed E-state index contributed by atoms with van der Waals surface area (Å²) < 4.78 is 148. The zero-order valence-corrected chi connectivity index (χ0v) is 26.4. The molecule has 8 saturated carbocycles. The Morgan fingerprint density at radius 2 is 0.957 bits per heavy atom. The van der Waals surface area contributed by atoms with Crippen LogP contribution in [0.2, 0.25) is 0 Å². The van der Waals surface area contributed by atoms with Gasteiger partial charge in [-0.2, -0.15) is 26.3 Å². The van der Waals surface area contributed by atoms with Crippen molar-refractivity contribution in [1.82, 2.24) is 4.13 Å². The zero-order chi connectivity index (χ0) is 33.9. The SMILES string of the molecule is CS(=O)(=O)NS(=O)(=O)C(F)(F)C(F)(F)C(F)(F)C(=O)C(C(=O)OC12CC3CC(CC(C3)C1)C2)C(=O)OC12CC3CC(CC(C3)C1)C2. The topological polar surface area (TPSA) is 150 Å². The minimum absolute atomic E-state index is 0.0149. The summed E-state index contributed by atoms with van der Waals surface area (Å²) in [6, 6.07) is 0. The highest BCUT2D eigenvalue weighted by Gasteiger charge is 2.81. The van der Waals surface area contributed by atoms with E-state index in [-0.39, 0.29) is 84.4 Å². The highest BCUT2D eigenvalue weighted by molar-refractivity contribution is 8.04. The van der Waals surface area contributed by atoms with Gasteiger partial charge in [0.05, 0.1) is 6.26 Å². The Labute approximate surface area is 261 Å². The maximum atomic E-state index is 15.4. The number of nitrogens with one attached hydrogen (secondary N) is 1. The van der Waals surface area contributed by atoms with Crippen molar-refractivity contribution in [2.24, 2.45) is 41.4 Å². The first-order chi connectivity index (χ1) is 21.0. The van der Waals surface area contributed by atoms with E-state index < -0.39 is 72.0 Å². The smallest absolute Gasteiger partial charge is 0.428 e. The van der Waals surface area contributed by atoms with Crippen LogP contribution < -0.4 is 4.13 Å². The third-order valence-electron chi connectivity index (χ3n) is 11.0. The van der Waals surface area contributed by atoms with Gasteiger partial charge in [0.25, 0.3) is 10.0 Å². The molecular weight excluding hydrogens is 672 g/mol. The first kappa shape index (κ1) is 33.9. The van der Waals surface area contributed by atoms with E-state index in [4.69, 9.17) is 9.47 Å². The summed E-state index contributed by atoms with van der Waals surface area (Å²) in [4.78, 5) is 40.4. The van der Waals surface area contributed by atoms with Gasteiger partial charge in [0, 0.05) is 0 Å². The summed E-state index contributed by atoms with van der Waals surface area (Å²) >= 11 is 0. The monoisotopic (exact) mass is 707 g/mol. The molecule has 1 N–H and O–H groups in total. The second-order valence-electron chi connectivity index (χ2n) is 14.9. The molecule has 0 aromatic rings. The number of Topliss-reactive ketones (excluding diaryl/α,β-unsaturated/α-hetero) is 1. The molecule has 0 aliphatic heterocycles. The molecule has 0 aromatic heterocycles.